The van der Waals surface area contributed by atoms with Crippen molar-refractivity contribution < 1.29 is 9.53 Å². The minimum atomic E-state index is -0.349. The Morgan fingerprint density at radius 3 is 2.78 bits per heavy atom. The van der Waals surface area contributed by atoms with E-state index < -0.39 is 0 Å². The molecule has 0 aromatic carbocycles. The van der Waals surface area contributed by atoms with Crippen LogP contribution >= 0.6 is 0 Å². The first-order chi connectivity index (χ1) is 11.3. The van der Waals surface area contributed by atoms with Gasteiger partial charge < -0.3 is 15.4 Å². The lowest BCUT2D eigenvalue weighted by Gasteiger charge is -2.13. The molecule has 2 N–H and O–H groups in total. The van der Waals surface area contributed by atoms with E-state index in [1.54, 1.807) is 6.07 Å². The first kappa shape index (κ1) is 15.9. The molecule has 2 heterocycles. The normalized spacial score (nSPS) is 20.9. The van der Waals surface area contributed by atoms with E-state index >= 15 is 0 Å². The molecule has 1 aliphatic heterocycles. The number of carbonyl (C=O) groups is 1. The van der Waals surface area contributed by atoms with Crippen molar-refractivity contribution in [1.82, 2.24) is 10.2 Å². The first-order valence-corrected chi connectivity index (χ1v) is 8.49. The van der Waals surface area contributed by atoms with Crippen LogP contribution in [-0.2, 0) is 9.53 Å². The maximum Gasteiger partial charge on any atom is 0.254 e. The summed E-state index contributed by atoms with van der Waals surface area (Å²) in [4.78, 5) is 11.9. The largest absolute Gasteiger partial charge is 0.368 e. The van der Waals surface area contributed by atoms with Gasteiger partial charge in [-0.05, 0) is 57.1 Å². The highest BCUT2D eigenvalue weighted by molar-refractivity contribution is 5.93. The van der Waals surface area contributed by atoms with Gasteiger partial charge in [0.15, 0.2) is 5.82 Å². The molecule has 1 aromatic rings. The average Bonchev–Trinajstić information content (AvgIpc) is 3.12. The van der Waals surface area contributed by atoms with Crippen LogP contribution in [0.15, 0.2) is 23.8 Å². The van der Waals surface area contributed by atoms with E-state index in [-0.39, 0.29) is 12.0 Å². The minimum Gasteiger partial charge on any atom is -0.368 e. The number of allylic oxidation sites excluding steroid dienone is 1. The molecule has 3 rings (SSSR count). The van der Waals surface area contributed by atoms with Gasteiger partial charge in [-0.3, -0.25) is 4.79 Å². The third-order valence-electron chi connectivity index (χ3n) is 4.28. The molecule has 1 amide bonds. The summed E-state index contributed by atoms with van der Waals surface area (Å²) < 4.78 is 5.34. The highest BCUT2D eigenvalue weighted by atomic mass is 16.5. The van der Waals surface area contributed by atoms with Crippen molar-refractivity contribution in [1.29, 1.82) is 0 Å². The van der Waals surface area contributed by atoms with Crippen molar-refractivity contribution in [2.75, 3.05) is 23.8 Å². The number of nitrogens with zero attached hydrogens (tertiary/aromatic N) is 2. The lowest BCUT2D eigenvalue weighted by Crippen LogP contribution is -2.27. The summed E-state index contributed by atoms with van der Waals surface area (Å²) in [5, 5.41) is 14.2. The Morgan fingerprint density at radius 2 is 2.09 bits per heavy atom. The third-order valence-corrected chi connectivity index (χ3v) is 4.28. The molecule has 1 unspecified atom stereocenters. The second-order valence-electron chi connectivity index (χ2n) is 6.08. The predicted molar refractivity (Wildman–Crippen MR) is 89.3 cm³/mol. The summed E-state index contributed by atoms with van der Waals surface area (Å²) in [5.74, 6) is 1.06. The summed E-state index contributed by atoms with van der Waals surface area (Å²) in [6.45, 7) is 1.52. The van der Waals surface area contributed by atoms with E-state index in [1.165, 1.54) is 31.3 Å². The topological polar surface area (TPSA) is 76.1 Å². The number of aromatic nitrogens is 2. The molecular formula is C17H24N4O2. The van der Waals surface area contributed by atoms with Gasteiger partial charge in [0.05, 0.1) is 0 Å². The molecule has 0 saturated carbocycles. The molecule has 1 atom stereocenters. The van der Waals surface area contributed by atoms with Crippen LogP contribution in [-0.4, -0.2) is 35.4 Å². The number of ether oxygens (including phenoxy) is 1. The molecule has 1 fully saturated rings. The summed E-state index contributed by atoms with van der Waals surface area (Å²) >= 11 is 0. The standard InChI is InChI=1S/C17H24N4O2/c22-17(14-7-4-12-23-14)19-16-9-8-15(20-21-16)18-11-10-13-5-2-1-3-6-13/h5,8-9,14H,1-4,6-7,10-12H2,(H,18,20)(H,19,21,22). The zero-order chi connectivity index (χ0) is 15.9. The Morgan fingerprint density at radius 1 is 1.22 bits per heavy atom. The van der Waals surface area contributed by atoms with Crippen molar-refractivity contribution >= 4 is 17.5 Å². The van der Waals surface area contributed by atoms with E-state index in [4.69, 9.17) is 4.74 Å². The van der Waals surface area contributed by atoms with Crippen LogP contribution in [0.2, 0.25) is 0 Å². The maximum absolute atomic E-state index is 11.9. The van der Waals surface area contributed by atoms with E-state index in [0.29, 0.717) is 12.4 Å². The SMILES string of the molecule is O=C(Nc1ccc(NCCC2=CCCCC2)nn1)C1CCCO1. The highest BCUT2D eigenvalue weighted by Crippen LogP contribution is 2.20. The van der Waals surface area contributed by atoms with Crippen molar-refractivity contribution in [2.45, 2.75) is 51.0 Å². The lowest BCUT2D eigenvalue weighted by atomic mass is 9.97. The van der Waals surface area contributed by atoms with Crippen molar-refractivity contribution in [3.05, 3.63) is 23.8 Å². The maximum atomic E-state index is 11.9. The monoisotopic (exact) mass is 316 g/mol. The number of hydrogen-bond acceptors (Lipinski definition) is 5. The van der Waals surface area contributed by atoms with Gasteiger partial charge in [0.2, 0.25) is 0 Å². The molecule has 1 saturated heterocycles. The van der Waals surface area contributed by atoms with E-state index in [1.807, 2.05) is 6.07 Å². The number of anilines is 2. The Kier molecular flexibility index (Phi) is 5.58. The van der Waals surface area contributed by atoms with Crippen LogP contribution < -0.4 is 10.6 Å². The summed E-state index contributed by atoms with van der Waals surface area (Å²) in [6.07, 6.45) is 9.85. The molecule has 124 valence electrons. The number of carbonyl (C=O) groups excluding carboxylic acids is 1. The van der Waals surface area contributed by atoms with Gasteiger partial charge in [0.25, 0.3) is 5.91 Å². The van der Waals surface area contributed by atoms with Crippen LogP contribution in [0.1, 0.15) is 44.9 Å². The van der Waals surface area contributed by atoms with Crippen molar-refractivity contribution in [3.8, 4) is 0 Å². The number of amides is 1. The van der Waals surface area contributed by atoms with Gasteiger partial charge in [0.1, 0.15) is 11.9 Å². The Balaban J connectivity index is 1.43. The lowest BCUT2D eigenvalue weighted by molar-refractivity contribution is -0.124. The van der Waals surface area contributed by atoms with Gasteiger partial charge in [-0.2, -0.15) is 0 Å². The predicted octanol–water partition coefficient (Wildman–Crippen LogP) is 2.90. The molecule has 2 aliphatic rings. The molecule has 6 nitrogen and oxygen atoms in total. The molecular weight excluding hydrogens is 292 g/mol. The minimum absolute atomic E-state index is 0.137. The van der Waals surface area contributed by atoms with Gasteiger partial charge in [-0.25, -0.2) is 0 Å². The number of hydrogen-bond donors (Lipinski definition) is 2. The number of nitrogens with one attached hydrogen (secondary N) is 2. The summed E-state index contributed by atoms with van der Waals surface area (Å²) in [6, 6.07) is 3.61. The molecule has 6 heteroatoms. The average molecular weight is 316 g/mol. The first-order valence-electron chi connectivity index (χ1n) is 8.49. The van der Waals surface area contributed by atoms with Crippen molar-refractivity contribution in [3.63, 3.8) is 0 Å². The van der Waals surface area contributed by atoms with E-state index in [0.717, 1.165) is 31.6 Å². The van der Waals surface area contributed by atoms with Gasteiger partial charge in [-0.1, -0.05) is 11.6 Å². The fourth-order valence-electron chi connectivity index (χ4n) is 2.97. The molecule has 0 radical (unpaired) electrons. The van der Waals surface area contributed by atoms with Crippen LogP contribution in [0.4, 0.5) is 11.6 Å². The molecule has 1 aromatic heterocycles. The zero-order valence-electron chi connectivity index (χ0n) is 13.4. The van der Waals surface area contributed by atoms with Crippen LogP contribution in [0, 0.1) is 0 Å². The summed E-state index contributed by atoms with van der Waals surface area (Å²) in [5.41, 5.74) is 1.54. The zero-order valence-corrected chi connectivity index (χ0v) is 13.4. The van der Waals surface area contributed by atoms with E-state index in [2.05, 4.69) is 26.9 Å². The quantitative estimate of drug-likeness (QED) is 0.789. The molecule has 1 aliphatic carbocycles. The highest BCUT2D eigenvalue weighted by Gasteiger charge is 2.23. The molecule has 0 bridgehead atoms. The fourth-order valence-corrected chi connectivity index (χ4v) is 2.97. The fraction of sp³-hybridized carbons (Fsp3) is 0.588. The second-order valence-corrected chi connectivity index (χ2v) is 6.08. The van der Waals surface area contributed by atoms with Crippen LogP contribution in [0.3, 0.4) is 0 Å². The second kappa shape index (κ2) is 8.06. The van der Waals surface area contributed by atoms with Crippen LogP contribution in [0.5, 0.6) is 0 Å². The van der Waals surface area contributed by atoms with E-state index in [9.17, 15) is 4.79 Å². The number of rotatable bonds is 6. The Hall–Kier alpha value is -1.95. The molecule has 23 heavy (non-hydrogen) atoms. The Bertz CT molecular complexity index is 550. The van der Waals surface area contributed by atoms with Gasteiger partial charge in [-0.15, -0.1) is 10.2 Å². The van der Waals surface area contributed by atoms with Crippen molar-refractivity contribution in [2.24, 2.45) is 0 Å². The smallest absolute Gasteiger partial charge is 0.254 e. The van der Waals surface area contributed by atoms with Gasteiger partial charge >= 0.3 is 0 Å². The molecule has 0 spiro atoms. The summed E-state index contributed by atoms with van der Waals surface area (Å²) in [7, 11) is 0. The Labute approximate surface area is 136 Å². The third kappa shape index (κ3) is 4.76. The van der Waals surface area contributed by atoms with Crippen LogP contribution in [0.25, 0.3) is 0 Å². The van der Waals surface area contributed by atoms with Gasteiger partial charge in [0, 0.05) is 13.2 Å².